The van der Waals surface area contributed by atoms with Gasteiger partial charge in [0.25, 0.3) is 5.91 Å². The first-order valence-corrected chi connectivity index (χ1v) is 8.20. The van der Waals surface area contributed by atoms with Crippen molar-refractivity contribution in [3.63, 3.8) is 0 Å². The fourth-order valence-corrected chi connectivity index (χ4v) is 3.50. The van der Waals surface area contributed by atoms with E-state index in [4.69, 9.17) is 4.74 Å². The number of morpholine rings is 1. The third-order valence-electron chi connectivity index (χ3n) is 4.37. The second kappa shape index (κ2) is 5.14. The molecule has 1 aromatic carbocycles. The number of halogens is 1. The summed E-state index contributed by atoms with van der Waals surface area (Å²) < 4.78 is 6.79. The minimum Gasteiger partial charge on any atom is -0.374 e. The van der Waals surface area contributed by atoms with Gasteiger partial charge in [-0.3, -0.25) is 4.79 Å². The lowest BCUT2D eigenvalue weighted by Crippen LogP contribution is -2.46. The molecule has 0 spiro atoms. The fourth-order valence-electron chi connectivity index (χ4n) is 3.02. The Labute approximate surface area is 131 Å². The highest BCUT2D eigenvalue weighted by molar-refractivity contribution is 9.10. The smallest absolute Gasteiger partial charge is 0.270 e. The summed E-state index contributed by atoms with van der Waals surface area (Å²) >= 11 is 3.53. The number of benzene rings is 1. The van der Waals surface area contributed by atoms with Crippen LogP contribution in [0.25, 0.3) is 10.9 Å². The van der Waals surface area contributed by atoms with Gasteiger partial charge in [-0.05, 0) is 37.0 Å². The zero-order chi connectivity index (χ0) is 14.4. The number of hydrogen-bond acceptors (Lipinski definition) is 2. The van der Waals surface area contributed by atoms with Crippen LogP contribution < -0.4 is 0 Å². The van der Waals surface area contributed by atoms with Gasteiger partial charge in [0.1, 0.15) is 5.69 Å². The number of rotatable bonds is 2. The second-order valence-corrected chi connectivity index (χ2v) is 6.74. The third-order valence-corrected chi connectivity index (χ3v) is 5.06. The van der Waals surface area contributed by atoms with Crippen LogP contribution in [0.3, 0.4) is 0 Å². The number of aromatic nitrogens is 1. The lowest BCUT2D eigenvalue weighted by Gasteiger charge is -2.32. The van der Waals surface area contributed by atoms with E-state index in [2.05, 4.69) is 20.9 Å². The van der Waals surface area contributed by atoms with Crippen LogP contribution in [-0.4, -0.2) is 41.6 Å². The Morgan fingerprint density at radius 2 is 2.24 bits per heavy atom. The van der Waals surface area contributed by atoms with Crippen LogP contribution in [0.5, 0.6) is 0 Å². The summed E-state index contributed by atoms with van der Waals surface area (Å²) in [5, 5.41) is 1.05. The molecular weight excluding hydrogens is 332 g/mol. The lowest BCUT2D eigenvalue weighted by atomic mass is 10.2. The number of carbonyl (C=O) groups is 1. The first kappa shape index (κ1) is 13.3. The average molecular weight is 349 g/mol. The van der Waals surface area contributed by atoms with E-state index in [9.17, 15) is 4.79 Å². The van der Waals surface area contributed by atoms with Crippen LogP contribution in [0.15, 0.2) is 28.7 Å². The van der Waals surface area contributed by atoms with E-state index < -0.39 is 0 Å². The molecule has 5 heteroatoms. The zero-order valence-corrected chi connectivity index (χ0v) is 13.2. The molecule has 1 aliphatic carbocycles. The maximum atomic E-state index is 12.7. The molecule has 0 radical (unpaired) electrons. The first-order valence-electron chi connectivity index (χ1n) is 7.40. The van der Waals surface area contributed by atoms with Crippen LogP contribution in [0, 0.1) is 5.92 Å². The van der Waals surface area contributed by atoms with Crippen molar-refractivity contribution in [2.24, 2.45) is 5.92 Å². The summed E-state index contributed by atoms with van der Waals surface area (Å²) in [5.41, 5.74) is 1.65. The number of nitrogens with one attached hydrogen (secondary N) is 1. The molecule has 21 heavy (non-hydrogen) atoms. The van der Waals surface area contributed by atoms with Crippen molar-refractivity contribution in [2.75, 3.05) is 19.7 Å². The van der Waals surface area contributed by atoms with E-state index in [0.717, 1.165) is 21.9 Å². The highest BCUT2D eigenvalue weighted by Gasteiger charge is 2.36. The average Bonchev–Trinajstić information content (AvgIpc) is 3.26. The lowest BCUT2D eigenvalue weighted by molar-refractivity contribution is -0.0315. The van der Waals surface area contributed by atoms with Crippen molar-refractivity contribution in [1.29, 1.82) is 0 Å². The Morgan fingerprint density at radius 3 is 3.00 bits per heavy atom. The monoisotopic (exact) mass is 348 g/mol. The van der Waals surface area contributed by atoms with Crippen LogP contribution in [0.4, 0.5) is 0 Å². The molecule has 1 aromatic heterocycles. The minimum atomic E-state index is 0.0760. The third kappa shape index (κ3) is 2.49. The van der Waals surface area contributed by atoms with Crippen molar-refractivity contribution in [3.05, 3.63) is 34.4 Å². The topological polar surface area (TPSA) is 45.3 Å². The molecule has 2 aliphatic rings. The molecule has 1 unspecified atom stereocenters. The predicted octanol–water partition coefficient (Wildman–Crippen LogP) is 3.18. The molecule has 1 saturated carbocycles. The molecule has 1 amide bonds. The van der Waals surface area contributed by atoms with E-state index in [-0.39, 0.29) is 12.0 Å². The van der Waals surface area contributed by atoms with Crippen LogP contribution in [0.1, 0.15) is 23.3 Å². The van der Waals surface area contributed by atoms with Crippen LogP contribution >= 0.6 is 15.9 Å². The van der Waals surface area contributed by atoms with Gasteiger partial charge in [-0.1, -0.05) is 22.0 Å². The van der Waals surface area contributed by atoms with Crippen LogP contribution in [-0.2, 0) is 4.74 Å². The molecule has 4 nitrogen and oxygen atoms in total. The van der Waals surface area contributed by atoms with Gasteiger partial charge >= 0.3 is 0 Å². The summed E-state index contributed by atoms with van der Waals surface area (Å²) in [5.74, 6) is 0.740. The second-order valence-electron chi connectivity index (χ2n) is 5.88. The maximum absolute atomic E-state index is 12.7. The Balaban J connectivity index is 1.58. The van der Waals surface area contributed by atoms with Gasteiger partial charge in [-0.25, -0.2) is 0 Å². The predicted molar refractivity (Wildman–Crippen MR) is 84.4 cm³/mol. The highest BCUT2D eigenvalue weighted by Crippen LogP contribution is 2.36. The van der Waals surface area contributed by atoms with Gasteiger partial charge in [0.2, 0.25) is 0 Å². The van der Waals surface area contributed by atoms with Gasteiger partial charge < -0.3 is 14.6 Å². The standard InChI is InChI=1S/C16H17BrN2O2/c17-12-2-1-3-13-11(12)8-14(18-13)16(20)19-6-7-21-15(9-19)10-4-5-10/h1-3,8,10,15,18H,4-7,9H2. The minimum absolute atomic E-state index is 0.0760. The summed E-state index contributed by atoms with van der Waals surface area (Å²) in [6, 6.07) is 7.88. The Bertz CT molecular complexity index is 693. The molecule has 0 bridgehead atoms. The van der Waals surface area contributed by atoms with Crippen molar-refractivity contribution in [1.82, 2.24) is 9.88 Å². The van der Waals surface area contributed by atoms with E-state index in [1.807, 2.05) is 29.2 Å². The summed E-state index contributed by atoms with van der Waals surface area (Å²) in [6.07, 6.45) is 2.72. The first-order chi connectivity index (χ1) is 10.2. The molecule has 1 N–H and O–H groups in total. The van der Waals surface area contributed by atoms with E-state index in [1.165, 1.54) is 12.8 Å². The molecule has 2 aromatic rings. The van der Waals surface area contributed by atoms with Crippen molar-refractivity contribution >= 4 is 32.7 Å². The largest absolute Gasteiger partial charge is 0.374 e. The molecule has 4 rings (SSSR count). The van der Waals surface area contributed by atoms with Gasteiger partial charge in [0, 0.05) is 28.5 Å². The van der Waals surface area contributed by atoms with Crippen molar-refractivity contribution in [3.8, 4) is 0 Å². The number of hydrogen-bond donors (Lipinski definition) is 1. The Morgan fingerprint density at radius 1 is 1.38 bits per heavy atom. The number of aromatic amines is 1. The zero-order valence-electron chi connectivity index (χ0n) is 11.6. The number of fused-ring (bicyclic) bond motifs is 1. The molecule has 1 saturated heterocycles. The molecule has 2 heterocycles. The van der Waals surface area contributed by atoms with E-state index >= 15 is 0 Å². The molecule has 1 aliphatic heterocycles. The van der Waals surface area contributed by atoms with E-state index in [0.29, 0.717) is 24.8 Å². The summed E-state index contributed by atoms with van der Waals surface area (Å²) in [7, 11) is 0. The molecule has 2 fully saturated rings. The molecule has 1 atom stereocenters. The summed E-state index contributed by atoms with van der Waals surface area (Å²) in [4.78, 5) is 17.8. The number of H-pyrrole nitrogens is 1. The van der Waals surface area contributed by atoms with Crippen molar-refractivity contribution in [2.45, 2.75) is 18.9 Å². The van der Waals surface area contributed by atoms with Gasteiger partial charge in [-0.15, -0.1) is 0 Å². The fraction of sp³-hybridized carbons (Fsp3) is 0.438. The highest BCUT2D eigenvalue weighted by atomic mass is 79.9. The maximum Gasteiger partial charge on any atom is 0.270 e. The van der Waals surface area contributed by atoms with Gasteiger partial charge in [0.15, 0.2) is 0 Å². The SMILES string of the molecule is O=C(c1cc2c(Br)cccc2[nH]1)N1CCOC(C2CC2)C1. The van der Waals surface area contributed by atoms with Gasteiger partial charge in [0.05, 0.1) is 12.7 Å². The Hall–Kier alpha value is -1.33. The Kier molecular flexibility index (Phi) is 3.27. The quantitative estimate of drug-likeness (QED) is 0.905. The normalized spacial score (nSPS) is 22.7. The van der Waals surface area contributed by atoms with Crippen LogP contribution in [0.2, 0.25) is 0 Å². The number of ether oxygens (including phenoxy) is 1. The molecular formula is C16H17BrN2O2. The van der Waals surface area contributed by atoms with Crippen molar-refractivity contribution < 1.29 is 9.53 Å². The number of carbonyl (C=O) groups excluding carboxylic acids is 1. The number of nitrogens with zero attached hydrogens (tertiary/aromatic N) is 1. The summed E-state index contributed by atoms with van der Waals surface area (Å²) in [6.45, 7) is 2.05. The number of amides is 1. The van der Waals surface area contributed by atoms with Gasteiger partial charge in [-0.2, -0.15) is 0 Å². The molecule has 110 valence electrons. The van der Waals surface area contributed by atoms with E-state index in [1.54, 1.807) is 0 Å².